The van der Waals surface area contributed by atoms with E-state index in [-0.39, 0.29) is 36.1 Å². The van der Waals surface area contributed by atoms with Crippen LogP contribution in [0.2, 0.25) is 0 Å². The summed E-state index contributed by atoms with van der Waals surface area (Å²) in [7, 11) is 1.50. The molecule has 0 aromatic heterocycles. The third-order valence-corrected chi connectivity index (χ3v) is 13.8. The van der Waals surface area contributed by atoms with Crippen LogP contribution in [-0.4, -0.2) is 68.6 Å². The number of alkyl carbamates (subject to hydrolysis) is 1. The summed E-state index contributed by atoms with van der Waals surface area (Å²) in [5.41, 5.74) is 4.18. The molecule has 0 unspecified atom stereocenters. The van der Waals surface area contributed by atoms with Crippen LogP contribution in [0.25, 0.3) is 24.3 Å². The molecule has 4 N–H and O–H groups in total. The molecule has 4 rings (SSSR count). The van der Waals surface area contributed by atoms with Crippen LogP contribution in [0.15, 0.2) is 146 Å². The summed E-state index contributed by atoms with van der Waals surface area (Å²) in [6.07, 6.45) is 24.5. The van der Waals surface area contributed by atoms with Crippen LogP contribution in [0.4, 0.5) is 4.79 Å². The Bertz CT molecular complexity index is 2240. The normalized spacial score (nSPS) is 15.6. The van der Waals surface area contributed by atoms with Gasteiger partial charge in [0, 0.05) is 24.2 Å². The Kier molecular flexibility index (Phi) is 28.1. The van der Waals surface area contributed by atoms with Gasteiger partial charge >= 0.3 is 12.1 Å². The minimum Gasteiger partial charge on any atom is -0.469 e. The molecule has 402 valence electrons. The Morgan fingerprint density at radius 2 is 0.824 bits per heavy atom. The van der Waals surface area contributed by atoms with Crippen molar-refractivity contribution in [2.45, 2.75) is 143 Å². The van der Waals surface area contributed by atoms with Crippen LogP contribution in [0, 0.1) is 35.5 Å². The number of esters is 1. The Labute approximate surface area is 448 Å². The molecule has 0 heterocycles. The molecular weight excluding hydrogens is 913 g/mol. The van der Waals surface area contributed by atoms with Gasteiger partial charge in [0.15, 0.2) is 0 Å². The lowest BCUT2D eigenvalue weighted by molar-refractivity contribution is -0.145. The molecule has 0 bridgehead atoms. The van der Waals surface area contributed by atoms with Gasteiger partial charge in [0.2, 0.25) is 0 Å². The molecule has 0 fully saturated rings. The Morgan fingerprint density at radius 1 is 0.473 bits per heavy atom. The van der Waals surface area contributed by atoms with Crippen molar-refractivity contribution < 1.29 is 19.1 Å². The van der Waals surface area contributed by atoms with E-state index in [2.05, 4.69) is 208 Å². The highest BCUT2D eigenvalue weighted by Crippen LogP contribution is 2.24. The maximum atomic E-state index is 13.2. The predicted molar refractivity (Wildman–Crippen MR) is 314 cm³/mol. The summed E-state index contributed by atoms with van der Waals surface area (Å²) >= 11 is 0. The van der Waals surface area contributed by atoms with E-state index in [1.54, 1.807) is 0 Å². The van der Waals surface area contributed by atoms with Gasteiger partial charge in [0.05, 0.1) is 13.0 Å². The van der Waals surface area contributed by atoms with E-state index < -0.39 is 5.60 Å². The van der Waals surface area contributed by atoms with Crippen LogP contribution in [0.1, 0.15) is 136 Å². The number of benzene rings is 4. The van der Waals surface area contributed by atoms with E-state index in [4.69, 9.17) is 9.47 Å². The number of methoxy groups -OCH3 is 1. The molecule has 0 saturated carbocycles. The van der Waals surface area contributed by atoms with Crippen molar-refractivity contribution in [2.75, 3.05) is 26.7 Å². The van der Waals surface area contributed by atoms with Gasteiger partial charge in [-0.1, -0.05) is 198 Å². The first-order valence-electron chi connectivity index (χ1n) is 27.7. The SMILES string of the molecule is COC(=O)[C@@H](C/C=C/c1ccccc1)C[C@@H](NC[C@@H](C/C=C/c1ccccc1)C[C@H](C)NC[C@@H](C/C=C/c1ccccc1)C[C@@H](NC[C@H](C/C=C/c1ccccc1)C[C@H](C)NC(=O)OC(C)(C)C)C(C)C)C(C)C. The molecule has 8 atom stereocenters. The lowest BCUT2D eigenvalue weighted by Crippen LogP contribution is -2.43. The van der Waals surface area contributed by atoms with Gasteiger partial charge in [-0.25, -0.2) is 4.79 Å². The Hall–Kier alpha value is -5.54. The summed E-state index contributed by atoms with van der Waals surface area (Å²) in [5, 5.41) is 15.2. The Morgan fingerprint density at radius 3 is 1.20 bits per heavy atom. The summed E-state index contributed by atoms with van der Waals surface area (Å²) in [5.74, 6) is 1.43. The van der Waals surface area contributed by atoms with E-state index in [9.17, 15) is 9.59 Å². The zero-order chi connectivity index (χ0) is 53.6. The molecule has 74 heavy (non-hydrogen) atoms. The quantitative estimate of drug-likeness (QED) is 0.0353. The molecule has 8 heteroatoms. The molecular formula is C66H94N4O4. The molecule has 0 saturated heterocycles. The van der Waals surface area contributed by atoms with Gasteiger partial charge in [0.25, 0.3) is 0 Å². The smallest absolute Gasteiger partial charge is 0.407 e. The van der Waals surface area contributed by atoms with Crippen molar-refractivity contribution in [3.8, 4) is 0 Å². The third kappa shape index (κ3) is 26.1. The van der Waals surface area contributed by atoms with Crippen molar-refractivity contribution in [3.05, 3.63) is 168 Å². The van der Waals surface area contributed by atoms with Crippen LogP contribution >= 0.6 is 0 Å². The van der Waals surface area contributed by atoms with Gasteiger partial charge in [-0.2, -0.15) is 0 Å². The van der Waals surface area contributed by atoms with E-state index in [0.717, 1.165) is 63.7 Å². The van der Waals surface area contributed by atoms with Gasteiger partial charge in [-0.3, -0.25) is 4.79 Å². The summed E-state index contributed by atoms with van der Waals surface area (Å²) in [6.45, 7) is 21.9. The molecule has 1 amide bonds. The summed E-state index contributed by atoms with van der Waals surface area (Å²) in [6, 6.07) is 42.5. The van der Waals surface area contributed by atoms with E-state index in [0.29, 0.717) is 48.5 Å². The zero-order valence-corrected chi connectivity index (χ0v) is 46.9. The molecule has 0 aliphatic heterocycles. The second kappa shape index (κ2) is 34.1. The number of nitrogens with one attached hydrogen (secondary N) is 4. The second-order valence-corrected chi connectivity index (χ2v) is 22.3. The number of amides is 1. The van der Waals surface area contributed by atoms with Gasteiger partial charge in [0.1, 0.15) is 5.60 Å². The zero-order valence-electron chi connectivity index (χ0n) is 46.9. The van der Waals surface area contributed by atoms with Gasteiger partial charge in [-0.05, 0) is 157 Å². The Balaban J connectivity index is 1.48. The number of rotatable bonds is 33. The molecule has 4 aromatic carbocycles. The maximum Gasteiger partial charge on any atom is 0.407 e. The number of carbonyl (C=O) groups excluding carboxylic acids is 2. The summed E-state index contributed by atoms with van der Waals surface area (Å²) in [4.78, 5) is 26.0. The minimum absolute atomic E-state index is 0.0469. The number of hydrogen-bond donors (Lipinski definition) is 4. The van der Waals surface area contributed by atoms with Crippen LogP contribution in [0.5, 0.6) is 0 Å². The van der Waals surface area contributed by atoms with Crippen molar-refractivity contribution in [3.63, 3.8) is 0 Å². The highest BCUT2D eigenvalue weighted by Gasteiger charge is 2.27. The number of hydrogen-bond acceptors (Lipinski definition) is 7. The van der Waals surface area contributed by atoms with E-state index >= 15 is 0 Å². The molecule has 0 spiro atoms. The molecule has 0 aliphatic carbocycles. The largest absolute Gasteiger partial charge is 0.469 e. The lowest BCUT2D eigenvalue weighted by atomic mass is 9.88. The molecule has 8 nitrogen and oxygen atoms in total. The third-order valence-electron chi connectivity index (χ3n) is 13.8. The van der Waals surface area contributed by atoms with Crippen LogP contribution in [-0.2, 0) is 14.3 Å². The fourth-order valence-corrected chi connectivity index (χ4v) is 9.56. The minimum atomic E-state index is -0.553. The van der Waals surface area contributed by atoms with Crippen molar-refractivity contribution in [1.29, 1.82) is 0 Å². The standard InChI is InChI=1S/C66H94N4O4/c1-50(2)62(68-49-59(40-24-36-55-29-17-12-18-30-55)44-53(6)70-65(72)74-66(7,8)9)45-60(41-25-37-56-31-19-13-20-32-56)47-67-52(5)43-58(39-23-35-54-27-15-11-16-28-54)48-69-63(51(3)4)46-61(64(71)73-10)42-26-38-57-33-21-14-22-34-57/h11-38,50-53,58-63,67-69H,39-49H2,1-10H3,(H,70,72)/b35-23+,36-24+,37-25+,38-26+/t52-,53-,58-,59+,60-,61-,62+,63+/m0/s1. The molecule has 0 radical (unpaired) electrons. The first-order chi connectivity index (χ1) is 35.6. The lowest BCUT2D eigenvalue weighted by Gasteiger charge is -2.31. The van der Waals surface area contributed by atoms with Crippen LogP contribution < -0.4 is 21.3 Å². The molecule has 4 aromatic rings. The first-order valence-corrected chi connectivity index (χ1v) is 27.7. The van der Waals surface area contributed by atoms with Gasteiger partial charge in [-0.15, -0.1) is 0 Å². The fraction of sp³-hybridized carbons (Fsp3) is 0.485. The first kappa shape index (κ1) is 61.0. The maximum absolute atomic E-state index is 13.2. The number of carbonyl (C=O) groups is 2. The average Bonchev–Trinajstić information content (AvgIpc) is 3.37. The number of allylic oxidation sites excluding steroid dienone is 4. The number of ether oxygens (including phenoxy) is 2. The molecule has 0 aliphatic rings. The topological polar surface area (TPSA) is 101 Å². The fourth-order valence-electron chi connectivity index (χ4n) is 9.56. The highest BCUT2D eigenvalue weighted by atomic mass is 16.6. The van der Waals surface area contributed by atoms with E-state index in [1.807, 2.05) is 45.0 Å². The van der Waals surface area contributed by atoms with Crippen molar-refractivity contribution in [2.24, 2.45) is 35.5 Å². The average molecular weight is 1010 g/mol. The van der Waals surface area contributed by atoms with Crippen LogP contribution in [0.3, 0.4) is 0 Å². The highest BCUT2D eigenvalue weighted by molar-refractivity contribution is 5.72. The van der Waals surface area contributed by atoms with Crippen molar-refractivity contribution >= 4 is 36.4 Å². The predicted octanol–water partition coefficient (Wildman–Crippen LogP) is 14.7. The summed E-state index contributed by atoms with van der Waals surface area (Å²) < 4.78 is 11.0. The monoisotopic (exact) mass is 1010 g/mol. The van der Waals surface area contributed by atoms with Gasteiger partial charge < -0.3 is 30.7 Å². The van der Waals surface area contributed by atoms with Crippen molar-refractivity contribution in [1.82, 2.24) is 21.3 Å². The second-order valence-electron chi connectivity index (χ2n) is 22.3. The van der Waals surface area contributed by atoms with E-state index in [1.165, 1.54) is 23.8 Å².